The molecule has 0 amide bonds. The Morgan fingerprint density at radius 3 is 2.36 bits per heavy atom. The summed E-state index contributed by atoms with van der Waals surface area (Å²) in [5, 5.41) is 19.0. The summed E-state index contributed by atoms with van der Waals surface area (Å²) in [4.78, 5) is 24.6. The number of benzene rings is 2. The summed E-state index contributed by atoms with van der Waals surface area (Å²) in [5.74, 6) is -7.03. The maximum absolute atomic E-state index is 14.7. The van der Waals surface area contributed by atoms with Gasteiger partial charge in [0.2, 0.25) is 0 Å². The van der Waals surface area contributed by atoms with E-state index in [0.29, 0.717) is 0 Å². The molecule has 5 nitrogen and oxygen atoms in total. The summed E-state index contributed by atoms with van der Waals surface area (Å²) in [6.07, 6.45) is 0. The van der Waals surface area contributed by atoms with Gasteiger partial charge >= 0.3 is 5.97 Å². The maximum atomic E-state index is 14.7. The Kier molecular flexibility index (Phi) is 5.08. The Morgan fingerprint density at radius 2 is 1.79 bits per heavy atom. The fourth-order valence-electron chi connectivity index (χ4n) is 3.18. The number of rotatable bonds is 3. The number of carboxylic acids is 1. The molecule has 0 unspecified atom stereocenters. The fourth-order valence-corrected chi connectivity index (χ4v) is 3.48. The molecule has 0 spiro atoms. The number of halogens is 4. The van der Waals surface area contributed by atoms with E-state index in [1.807, 2.05) is 0 Å². The van der Waals surface area contributed by atoms with Gasteiger partial charge in [-0.25, -0.2) is 8.78 Å². The van der Waals surface area contributed by atoms with Gasteiger partial charge in [0.15, 0.2) is 17.4 Å². The Bertz CT molecular complexity index is 1160. The van der Waals surface area contributed by atoms with Crippen LogP contribution in [-0.2, 0) is 4.79 Å². The molecule has 146 valence electrons. The average Bonchev–Trinajstić information content (AvgIpc) is 2.92. The van der Waals surface area contributed by atoms with Crippen molar-refractivity contribution in [3.63, 3.8) is 0 Å². The molecule has 0 saturated carbocycles. The maximum Gasteiger partial charge on any atom is 0.310 e. The molecule has 0 radical (unpaired) electrons. The Labute approximate surface area is 167 Å². The molecule has 0 fully saturated rings. The van der Waals surface area contributed by atoms with E-state index < -0.39 is 35.2 Å². The minimum Gasteiger partial charge on any atom is -0.503 e. The molecule has 0 aliphatic rings. The molecule has 0 aliphatic heterocycles. The van der Waals surface area contributed by atoms with Crippen LogP contribution >= 0.6 is 23.2 Å². The zero-order chi connectivity index (χ0) is 20.9. The lowest BCUT2D eigenvalue weighted by atomic mass is 9.97. The van der Waals surface area contributed by atoms with E-state index in [0.717, 1.165) is 10.6 Å². The first kappa shape index (κ1) is 20.1. The van der Waals surface area contributed by atoms with Crippen LogP contribution in [0.2, 0.25) is 10.0 Å². The number of hydrogen-bond donors (Lipinski definition) is 2. The molecule has 0 bridgehead atoms. The van der Waals surface area contributed by atoms with Crippen molar-refractivity contribution in [3.8, 4) is 5.75 Å². The van der Waals surface area contributed by atoms with Crippen molar-refractivity contribution in [2.24, 2.45) is 0 Å². The highest BCUT2D eigenvalue weighted by molar-refractivity contribution is 6.42. The summed E-state index contributed by atoms with van der Waals surface area (Å²) in [6, 6.07) is 4.86. The highest BCUT2D eigenvalue weighted by Crippen LogP contribution is 2.38. The van der Waals surface area contributed by atoms with Crippen LogP contribution in [0.5, 0.6) is 5.75 Å². The standard InChI is InChI=1S/C19H13Cl2F2NO4/c1-7(19(27)28)14-8(2)24(13-6-12(22)17(25)16(23)15(13)14)18(26)9-3-4-10(20)11(21)5-9/h3-7,25H,1-2H3,(H,27,28)/t7-/m1/s1. The number of aromatic nitrogens is 1. The molecule has 2 N–H and O–H groups in total. The lowest BCUT2D eigenvalue weighted by Gasteiger charge is -2.10. The van der Waals surface area contributed by atoms with Gasteiger partial charge in [0.1, 0.15) is 0 Å². The van der Waals surface area contributed by atoms with Crippen LogP contribution in [0.1, 0.15) is 34.5 Å². The van der Waals surface area contributed by atoms with E-state index in [9.17, 15) is 28.6 Å². The first-order valence-corrected chi connectivity index (χ1v) is 8.76. The summed E-state index contributed by atoms with van der Waals surface area (Å²) >= 11 is 11.8. The number of carbonyl (C=O) groups excluding carboxylic acids is 1. The second kappa shape index (κ2) is 7.07. The molecule has 0 saturated heterocycles. The van der Waals surface area contributed by atoms with E-state index in [1.165, 1.54) is 32.0 Å². The SMILES string of the molecule is Cc1c([C@@H](C)C(=O)O)c2c(F)c(O)c(F)cc2n1C(=O)c1ccc(Cl)c(Cl)c1. The van der Waals surface area contributed by atoms with E-state index >= 15 is 0 Å². The molecule has 3 rings (SSSR count). The van der Waals surface area contributed by atoms with Gasteiger partial charge < -0.3 is 10.2 Å². The quantitative estimate of drug-likeness (QED) is 0.607. The summed E-state index contributed by atoms with van der Waals surface area (Å²) in [5.41, 5.74) is -0.0594. The Balaban J connectivity index is 2.39. The zero-order valence-corrected chi connectivity index (χ0v) is 16.1. The number of aliphatic carboxylic acids is 1. The number of fused-ring (bicyclic) bond motifs is 1. The van der Waals surface area contributed by atoms with Crippen LogP contribution in [0.25, 0.3) is 10.9 Å². The number of nitrogens with zero attached hydrogens (tertiary/aromatic N) is 1. The van der Waals surface area contributed by atoms with Crippen molar-refractivity contribution in [2.75, 3.05) is 0 Å². The number of carboxylic acid groups (broad SMARTS) is 1. The van der Waals surface area contributed by atoms with Crippen molar-refractivity contribution >= 4 is 46.0 Å². The van der Waals surface area contributed by atoms with Crippen molar-refractivity contribution in [1.29, 1.82) is 0 Å². The molecule has 1 aromatic heterocycles. The second-order valence-corrected chi connectivity index (χ2v) is 7.06. The lowest BCUT2D eigenvalue weighted by molar-refractivity contribution is -0.138. The van der Waals surface area contributed by atoms with E-state index in [4.69, 9.17) is 23.2 Å². The lowest BCUT2D eigenvalue weighted by Crippen LogP contribution is -2.15. The number of hydrogen-bond acceptors (Lipinski definition) is 3. The second-order valence-electron chi connectivity index (χ2n) is 6.24. The van der Waals surface area contributed by atoms with Crippen LogP contribution in [0.3, 0.4) is 0 Å². The smallest absolute Gasteiger partial charge is 0.310 e. The molecular weight excluding hydrogens is 415 g/mol. The number of phenolic OH excluding ortho intramolecular Hbond substituents is 1. The van der Waals surface area contributed by atoms with Gasteiger partial charge in [-0.05, 0) is 37.6 Å². The predicted octanol–water partition coefficient (Wildman–Crippen LogP) is 5.12. The predicted molar refractivity (Wildman–Crippen MR) is 100 cm³/mol. The molecule has 9 heteroatoms. The first-order chi connectivity index (χ1) is 13.1. The molecule has 2 aromatic carbocycles. The molecule has 0 aliphatic carbocycles. The molecule has 3 aromatic rings. The molecule has 1 atom stereocenters. The minimum atomic E-state index is -1.33. The van der Waals surface area contributed by atoms with Crippen molar-refractivity contribution in [3.05, 3.63) is 62.8 Å². The van der Waals surface area contributed by atoms with Gasteiger partial charge in [0.25, 0.3) is 5.91 Å². The topological polar surface area (TPSA) is 79.5 Å². The monoisotopic (exact) mass is 427 g/mol. The normalized spacial score (nSPS) is 12.4. The van der Waals surface area contributed by atoms with Gasteiger partial charge in [-0.1, -0.05) is 23.2 Å². The summed E-state index contributed by atoms with van der Waals surface area (Å²) in [6.45, 7) is 2.72. The van der Waals surface area contributed by atoms with Crippen LogP contribution in [0, 0.1) is 18.6 Å². The summed E-state index contributed by atoms with van der Waals surface area (Å²) < 4.78 is 29.7. The van der Waals surface area contributed by atoms with Crippen molar-refractivity contribution in [2.45, 2.75) is 19.8 Å². The third-order valence-corrected chi connectivity index (χ3v) is 5.32. The molecule has 1 heterocycles. The van der Waals surface area contributed by atoms with Gasteiger partial charge in [0, 0.05) is 22.7 Å². The highest BCUT2D eigenvalue weighted by Gasteiger charge is 2.30. The van der Waals surface area contributed by atoms with Gasteiger partial charge in [-0.15, -0.1) is 0 Å². The zero-order valence-electron chi connectivity index (χ0n) is 14.6. The van der Waals surface area contributed by atoms with Crippen molar-refractivity contribution < 1.29 is 28.6 Å². The third-order valence-electron chi connectivity index (χ3n) is 4.58. The molecular formula is C19H13Cl2F2NO4. The van der Waals surface area contributed by atoms with Crippen molar-refractivity contribution in [1.82, 2.24) is 4.57 Å². The number of aromatic hydroxyl groups is 1. The van der Waals surface area contributed by atoms with Crippen LogP contribution in [-0.4, -0.2) is 26.7 Å². The van der Waals surface area contributed by atoms with E-state index in [-0.39, 0.29) is 37.8 Å². The van der Waals surface area contributed by atoms with Crippen LogP contribution in [0.15, 0.2) is 24.3 Å². The van der Waals surface area contributed by atoms with E-state index in [1.54, 1.807) is 0 Å². The Morgan fingerprint density at radius 1 is 1.14 bits per heavy atom. The van der Waals surface area contributed by atoms with E-state index in [2.05, 4.69) is 0 Å². The minimum absolute atomic E-state index is 0.0382. The van der Waals surface area contributed by atoms with Crippen LogP contribution in [0.4, 0.5) is 8.78 Å². The number of phenols is 1. The average molecular weight is 428 g/mol. The third kappa shape index (κ3) is 3.00. The summed E-state index contributed by atoms with van der Waals surface area (Å²) in [7, 11) is 0. The van der Waals surface area contributed by atoms with Gasteiger partial charge in [0.05, 0.1) is 21.5 Å². The van der Waals surface area contributed by atoms with Gasteiger partial charge in [-0.2, -0.15) is 0 Å². The van der Waals surface area contributed by atoms with Gasteiger partial charge in [-0.3, -0.25) is 14.2 Å². The molecule has 28 heavy (non-hydrogen) atoms. The highest BCUT2D eigenvalue weighted by atomic mass is 35.5. The van der Waals surface area contributed by atoms with Crippen LogP contribution < -0.4 is 0 Å². The number of carbonyl (C=O) groups is 2. The largest absolute Gasteiger partial charge is 0.503 e. The fraction of sp³-hybridized carbons (Fsp3) is 0.158. The first-order valence-electron chi connectivity index (χ1n) is 8.00. The Hall–Kier alpha value is -2.64.